The first-order chi connectivity index (χ1) is 10.1. The van der Waals surface area contributed by atoms with Crippen LogP contribution < -0.4 is 5.32 Å². The van der Waals surface area contributed by atoms with Crippen LogP contribution in [0, 0.1) is 0 Å². The van der Waals surface area contributed by atoms with Gasteiger partial charge in [-0.05, 0) is 48.6 Å². The van der Waals surface area contributed by atoms with E-state index >= 15 is 0 Å². The minimum Gasteiger partial charge on any atom is -0.478 e. The molecule has 3 nitrogen and oxygen atoms in total. The third kappa shape index (κ3) is 3.10. The molecule has 1 atom stereocenters. The van der Waals surface area contributed by atoms with Gasteiger partial charge in [0, 0.05) is 16.2 Å². The number of rotatable bonds is 3. The molecule has 0 aliphatic heterocycles. The van der Waals surface area contributed by atoms with Gasteiger partial charge < -0.3 is 10.4 Å². The molecule has 0 saturated heterocycles. The molecule has 2 aromatic carbocycles. The molecule has 0 spiro atoms. The number of hydrogen-bond donors (Lipinski definition) is 2. The van der Waals surface area contributed by atoms with Gasteiger partial charge in [0.1, 0.15) is 0 Å². The van der Waals surface area contributed by atoms with Crippen LogP contribution in [0.5, 0.6) is 0 Å². The van der Waals surface area contributed by atoms with Crippen molar-refractivity contribution in [2.24, 2.45) is 0 Å². The predicted octanol–water partition coefficient (Wildman–Crippen LogP) is 4.12. The Morgan fingerprint density at radius 2 is 1.95 bits per heavy atom. The molecular weight excluding hydrogens is 330 g/mol. The summed E-state index contributed by atoms with van der Waals surface area (Å²) in [5.41, 5.74) is 3.76. The lowest BCUT2D eigenvalue weighted by Gasteiger charge is -2.27. The summed E-state index contributed by atoms with van der Waals surface area (Å²) in [5.74, 6) is -0.907. The SMILES string of the molecule is O=C(O)c1cc(Br)ccc1NC1CCc2ccccc2C1. The Labute approximate surface area is 132 Å². The second-order valence-corrected chi connectivity index (χ2v) is 6.26. The summed E-state index contributed by atoms with van der Waals surface area (Å²) in [6.07, 6.45) is 2.99. The van der Waals surface area contributed by atoms with Crippen molar-refractivity contribution >= 4 is 27.6 Å². The lowest BCUT2D eigenvalue weighted by molar-refractivity contribution is 0.0698. The normalized spacial score (nSPS) is 17.1. The van der Waals surface area contributed by atoms with Gasteiger partial charge in [0.25, 0.3) is 0 Å². The van der Waals surface area contributed by atoms with Gasteiger partial charge >= 0.3 is 5.97 Å². The minimum absolute atomic E-state index is 0.277. The molecule has 1 aliphatic rings. The van der Waals surface area contributed by atoms with Crippen LogP contribution in [-0.2, 0) is 12.8 Å². The molecule has 4 heteroatoms. The first-order valence-corrected chi connectivity index (χ1v) is 7.79. The first kappa shape index (κ1) is 14.1. The molecule has 21 heavy (non-hydrogen) atoms. The van der Waals surface area contributed by atoms with Crippen molar-refractivity contribution in [2.45, 2.75) is 25.3 Å². The molecule has 108 valence electrons. The van der Waals surface area contributed by atoms with E-state index in [0.29, 0.717) is 11.3 Å². The fraction of sp³-hybridized carbons (Fsp3) is 0.235. The minimum atomic E-state index is -0.907. The summed E-state index contributed by atoms with van der Waals surface area (Å²) in [5, 5.41) is 12.7. The van der Waals surface area contributed by atoms with Crippen molar-refractivity contribution in [3.8, 4) is 0 Å². The van der Waals surface area contributed by atoms with E-state index < -0.39 is 5.97 Å². The molecule has 0 amide bonds. The summed E-state index contributed by atoms with van der Waals surface area (Å²) in [4.78, 5) is 11.4. The van der Waals surface area contributed by atoms with Crippen LogP contribution >= 0.6 is 15.9 Å². The lowest BCUT2D eigenvalue weighted by Crippen LogP contribution is -2.28. The van der Waals surface area contributed by atoms with Crippen LogP contribution in [0.4, 0.5) is 5.69 Å². The van der Waals surface area contributed by atoms with Crippen LogP contribution in [-0.4, -0.2) is 17.1 Å². The number of aromatic carboxylic acids is 1. The molecule has 0 radical (unpaired) electrons. The molecular formula is C17H16BrNO2. The molecule has 0 saturated carbocycles. The molecule has 2 aromatic rings. The average Bonchev–Trinajstić information content (AvgIpc) is 2.49. The summed E-state index contributed by atoms with van der Waals surface area (Å²) >= 11 is 3.32. The quantitative estimate of drug-likeness (QED) is 0.879. The fourth-order valence-electron chi connectivity index (χ4n) is 2.86. The highest BCUT2D eigenvalue weighted by Crippen LogP contribution is 2.26. The predicted molar refractivity (Wildman–Crippen MR) is 87.0 cm³/mol. The van der Waals surface area contributed by atoms with Crippen molar-refractivity contribution < 1.29 is 9.90 Å². The Kier molecular flexibility index (Phi) is 3.97. The van der Waals surface area contributed by atoms with E-state index in [1.54, 1.807) is 6.07 Å². The Morgan fingerprint density at radius 1 is 1.19 bits per heavy atom. The molecule has 1 unspecified atom stereocenters. The first-order valence-electron chi connectivity index (χ1n) is 6.99. The zero-order chi connectivity index (χ0) is 14.8. The van der Waals surface area contributed by atoms with E-state index in [2.05, 4.69) is 45.5 Å². The van der Waals surface area contributed by atoms with Crippen LogP contribution in [0.3, 0.4) is 0 Å². The maximum absolute atomic E-state index is 11.4. The zero-order valence-corrected chi connectivity index (χ0v) is 13.1. The Balaban J connectivity index is 1.81. The Morgan fingerprint density at radius 3 is 2.71 bits per heavy atom. The van der Waals surface area contributed by atoms with E-state index in [4.69, 9.17) is 0 Å². The monoisotopic (exact) mass is 345 g/mol. The lowest BCUT2D eigenvalue weighted by atomic mass is 9.88. The van der Waals surface area contributed by atoms with Crippen molar-refractivity contribution in [1.29, 1.82) is 0 Å². The third-order valence-electron chi connectivity index (χ3n) is 3.92. The number of aryl methyl sites for hydroxylation is 1. The second kappa shape index (κ2) is 5.90. The molecule has 0 bridgehead atoms. The number of anilines is 1. The van der Waals surface area contributed by atoms with Gasteiger partial charge in [0.15, 0.2) is 0 Å². The molecule has 0 fully saturated rings. The molecule has 3 rings (SSSR count). The van der Waals surface area contributed by atoms with Gasteiger partial charge in [-0.15, -0.1) is 0 Å². The number of halogens is 1. The third-order valence-corrected chi connectivity index (χ3v) is 4.41. The largest absolute Gasteiger partial charge is 0.478 e. The number of carboxylic acids is 1. The number of carboxylic acid groups (broad SMARTS) is 1. The summed E-state index contributed by atoms with van der Waals surface area (Å²) in [7, 11) is 0. The molecule has 2 N–H and O–H groups in total. The summed E-state index contributed by atoms with van der Waals surface area (Å²) < 4.78 is 0.777. The van der Waals surface area contributed by atoms with Gasteiger partial charge in [-0.3, -0.25) is 0 Å². The fourth-order valence-corrected chi connectivity index (χ4v) is 3.22. The maximum atomic E-state index is 11.4. The van der Waals surface area contributed by atoms with Crippen LogP contribution in [0.1, 0.15) is 27.9 Å². The second-order valence-electron chi connectivity index (χ2n) is 5.35. The molecule has 1 aliphatic carbocycles. The average molecular weight is 346 g/mol. The van der Waals surface area contributed by atoms with Gasteiger partial charge in [0.2, 0.25) is 0 Å². The van der Waals surface area contributed by atoms with Crippen molar-refractivity contribution in [2.75, 3.05) is 5.32 Å². The Hall–Kier alpha value is -1.81. The Bertz CT molecular complexity index is 684. The number of nitrogens with one attached hydrogen (secondary N) is 1. The number of fused-ring (bicyclic) bond motifs is 1. The van der Waals surface area contributed by atoms with Crippen LogP contribution in [0.2, 0.25) is 0 Å². The van der Waals surface area contributed by atoms with Crippen molar-refractivity contribution in [3.63, 3.8) is 0 Å². The van der Waals surface area contributed by atoms with E-state index in [1.165, 1.54) is 11.1 Å². The number of hydrogen-bond acceptors (Lipinski definition) is 2. The highest BCUT2D eigenvalue weighted by molar-refractivity contribution is 9.10. The summed E-state index contributed by atoms with van der Waals surface area (Å²) in [6.45, 7) is 0. The standard InChI is InChI=1S/C17H16BrNO2/c18-13-6-8-16(15(10-13)17(20)21)19-14-7-5-11-3-1-2-4-12(11)9-14/h1-4,6,8,10,14,19H,5,7,9H2,(H,20,21). The van der Waals surface area contributed by atoms with E-state index in [0.717, 1.165) is 23.7 Å². The molecule has 0 heterocycles. The van der Waals surface area contributed by atoms with Gasteiger partial charge in [0.05, 0.1) is 5.56 Å². The van der Waals surface area contributed by atoms with Crippen molar-refractivity contribution in [3.05, 3.63) is 63.6 Å². The number of carbonyl (C=O) groups is 1. The molecule has 0 aromatic heterocycles. The number of benzene rings is 2. The van der Waals surface area contributed by atoms with Gasteiger partial charge in [-0.25, -0.2) is 4.79 Å². The summed E-state index contributed by atoms with van der Waals surface area (Å²) in [6, 6.07) is 14.1. The highest BCUT2D eigenvalue weighted by atomic mass is 79.9. The van der Waals surface area contributed by atoms with E-state index in [9.17, 15) is 9.90 Å². The van der Waals surface area contributed by atoms with E-state index in [1.807, 2.05) is 12.1 Å². The zero-order valence-electron chi connectivity index (χ0n) is 11.5. The van der Waals surface area contributed by atoms with Crippen LogP contribution in [0.15, 0.2) is 46.9 Å². The topological polar surface area (TPSA) is 49.3 Å². The maximum Gasteiger partial charge on any atom is 0.337 e. The van der Waals surface area contributed by atoms with E-state index in [-0.39, 0.29) is 6.04 Å². The van der Waals surface area contributed by atoms with Crippen molar-refractivity contribution in [1.82, 2.24) is 0 Å². The van der Waals surface area contributed by atoms with Crippen LogP contribution in [0.25, 0.3) is 0 Å². The van der Waals surface area contributed by atoms with Gasteiger partial charge in [-0.2, -0.15) is 0 Å². The smallest absolute Gasteiger partial charge is 0.337 e. The van der Waals surface area contributed by atoms with Gasteiger partial charge in [-0.1, -0.05) is 40.2 Å². The highest BCUT2D eigenvalue weighted by Gasteiger charge is 2.20.